The molecule has 0 saturated heterocycles. The molecule has 0 bridgehead atoms. The SMILES string of the molecule is COCOc1cccc(Cn2nc(C(=O)OC)c3c2-c2ccc(OCc4cncnc4)cc2CC3)c1. The van der Waals surface area contributed by atoms with E-state index in [4.69, 9.17) is 18.9 Å². The van der Waals surface area contributed by atoms with Crippen LogP contribution in [0.4, 0.5) is 0 Å². The third-order valence-electron chi connectivity index (χ3n) is 6.00. The largest absolute Gasteiger partial charge is 0.489 e. The fourth-order valence-electron chi connectivity index (χ4n) is 4.37. The molecule has 0 spiro atoms. The molecular formula is C27H26N4O5. The standard InChI is InChI=1S/C27H26N4O5/c1-33-17-36-21-5-3-4-18(10-21)14-31-26-23-9-7-22(35-15-19-12-28-16-29-13-19)11-20(23)6-8-24(26)25(30-31)27(32)34-2/h3-5,7,9-13,16H,6,8,14-15,17H2,1-2H3. The van der Waals surface area contributed by atoms with Crippen molar-refractivity contribution in [3.05, 3.63) is 89.1 Å². The normalized spacial score (nSPS) is 11.9. The molecule has 0 saturated carbocycles. The van der Waals surface area contributed by atoms with Crippen LogP contribution in [0.2, 0.25) is 0 Å². The molecule has 0 atom stereocenters. The zero-order chi connectivity index (χ0) is 24.9. The number of hydrogen-bond acceptors (Lipinski definition) is 8. The number of carbonyl (C=O) groups is 1. The van der Waals surface area contributed by atoms with Crippen LogP contribution in [-0.2, 0) is 35.5 Å². The highest BCUT2D eigenvalue weighted by Gasteiger charge is 2.29. The number of aromatic nitrogens is 4. The second-order valence-corrected chi connectivity index (χ2v) is 8.38. The van der Waals surface area contributed by atoms with Crippen molar-refractivity contribution in [2.24, 2.45) is 0 Å². The third-order valence-corrected chi connectivity index (χ3v) is 6.00. The molecule has 36 heavy (non-hydrogen) atoms. The Labute approximate surface area is 208 Å². The lowest BCUT2D eigenvalue weighted by atomic mass is 9.88. The van der Waals surface area contributed by atoms with Crippen LogP contribution in [0.1, 0.15) is 32.7 Å². The first-order valence-corrected chi connectivity index (χ1v) is 11.5. The second kappa shape index (κ2) is 10.6. The van der Waals surface area contributed by atoms with E-state index >= 15 is 0 Å². The molecule has 0 N–H and O–H groups in total. The molecule has 0 fully saturated rings. The molecule has 1 aliphatic rings. The fraction of sp³-hybridized carbons (Fsp3) is 0.259. The van der Waals surface area contributed by atoms with Crippen molar-refractivity contribution in [1.29, 1.82) is 0 Å². The van der Waals surface area contributed by atoms with Gasteiger partial charge in [0, 0.05) is 36.2 Å². The van der Waals surface area contributed by atoms with Crippen LogP contribution in [0.15, 0.2) is 61.2 Å². The van der Waals surface area contributed by atoms with Gasteiger partial charge in [-0.05, 0) is 54.3 Å². The Kier molecular flexibility index (Phi) is 6.90. The Morgan fingerprint density at radius 2 is 1.81 bits per heavy atom. The van der Waals surface area contributed by atoms with Gasteiger partial charge in [-0.25, -0.2) is 14.8 Å². The molecule has 2 aromatic heterocycles. The van der Waals surface area contributed by atoms with Crippen molar-refractivity contribution in [2.45, 2.75) is 26.0 Å². The van der Waals surface area contributed by atoms with Gasteiger partial charge in [0.25, 0.3) is 0 Å². The Balaban J connectivity index is 1.47. The summed E-state index contributed by atoms with van der Waals surface area (Å²) < 4.78 is 23.5. The summed E-state index contributed by atoms with van der Waals surface area (Å²) in [6.07, 6.45) is 6.41. The fourth-order valence-corrected chi connectivity index (χ4v) is 4.37. The second-order valence-electron chi connectivity index (χ2n) is 8.38. The highest BCUT2D eigenvalue weighted by atomic mass is 16.7. The van der Waals surface area contributed by atoms with Crippen molar-refractivity contribution < 1.29 is 23.7 Å². The summed E-state index contributed by atoms with van der Waals surface area (Å²) in [6, 6.07) is 13.8. The number of ether oxygens (including phenoxy) is 4. The van der Waals surface area contributed by atoms with Gasteiger partial charge in [0.15, 0.2) is 12.5 Å². The summed E-state index contributed by atoms with van der Waals surface area (Å²) in [5.74, 6) is 1.04. The van der Waals surface area contributed by atoms with E-state index in [0.29, 0.717) is 31.0 Å². The minimum Gasteiger partial charge on any atom is -0.489 e. The zero-order valence-corrected chi connectivity index (χ0v) is 20.1. The van der Waals surface area contributed by atoms with Gasteiger partial charge in [0.05, 0.1) is 19.3 Å². The quantitative estimate of drug-likeness (QED) is 0.260. The minimum atomic E-state index is -0.435. The van der Waals surface area contributed by atoms with Gasteiger partial charge in [-0.15, -0.1) is 0 Å². The number of benzene rings is 2. The van der Waals surface area contributed by atoms with E-state index in [9.17, 15) is 4.79 Å². The van der Waals surface area contributed by atoms with Gasteiger partial charge in [-0.3, -0.25) is 4.68 Å². The van der Waals surface area contributed by atoms with E-state index < -0.39 is 5.97 Å². The van der Waals surface area contributed by atoms with Crippen LogP contribution in [0.25, 0.3) is 11.3 Å². The number of aryl methyl sites for hydroxylation is 1. The number of fused-ring (bicyclic) bond motifs is 3. The summed E-state index contributed by atoms with van der Waals surface area (Å²) in [5, 5.41) is 4.68. The molecule has 9 heteroatoms. The molecule has 0 unspecified atom stereocenters. The highest BCUT2D eigenvalue weighted by molar-refractivity contribution is 5.92. The lowest BCUT2D eigenvalue weighted by Gasteiger charge is -2.20. The van der Waals surface area contributed by atoms with Crippen LogP contribution < -0.4 is 9.47 Å². The highest BCUT2D eigenvalue weighted by Crippen LogP contribution is 2.38. The van der Waals surface area contributed by atoms with Crippen LogP contribution in [0.5, 0.6) is 11.5 Å². The average molecular weight is 487 g/mol. The van der Waals surface area contributed by atoms with Gasteiger partial charge in [-0.1, -0.05) is 12.1 Å². The molecule has 5 rings (SSSR count). The van der Waals surface area contributed by atoms with Crippen LogP contribution in [-0.4, -0.2) is 46.7 Å². The van der Waals surface area contributed by atoms with Crippen LogP contribution in [0, 0.1) is 0 Å². The maximum Gasteiger partial charge on any atom is 0.358 e. The first-order chi connectivity index (χ1) is 17.7. The first-order valence-electron chi connectivity index (χ1n) is 11.5. The predicted octanol–water partition coefficient (Wildman–Crippen LogP) is 3.84. The predicted molar refractivity (Wildman–Crippen MR) is 131 cm³/mol. The average Bonchev–Trinajstić information content (AvgIpc) is 3.29. The molecule has 184 valence electrons. The van der Waals surface area contributed by atoms with Crippen LogP contribution >= 0.6 is 0 Å². The summed E-state index contributed by atoms with van der Waals surface area (Å²) >= 11 is 0. The van der Waals surface area contributed by atoms with Crippen molar-refractivity contribution in [2.75, 3.05) is 21.0 Å². The Bertz CT molecular complexity index is 1370. The van der Waals surface area contributed by atoms with Gasteiger partial charge < -0.3 is 18.9 Å². The monoisotopic (exact) mass is 486 g/mol. The van der Waals surface area contributed by atoms with Crippen molar-refractivity contribution in [1.82, 2.24) is 19.7 Å². The maximum absolute atomic E-state index is 12.5. The van der Waals surface area contributed by atoms with Gasteiger partial charge in [0.2, 0.25) is 0 Å². The van der Waals surface area contributed by atoms with E-state index in [2.05, 4.69) is 21.1 Å². The van der Waals surface area contributed by atoms with Crippen molar-refractivity contribution >= 4 is 5.97 Å². The molecule has 2 heterocycles. The number of rotatable bonds is 9. The zero-order valence-electron chi connectivity index (χ0n) is 20.1. The molecule has 2 aromatic carbocycles. The number of carbonyl (C=O) groups excluding carboxylic acids is 1. The Hall–Kier alpha value is -4.24. The van der Waals surface area contributed by atoms with E-state index in [0.717, 1.165) is 45.7 Å². The molecule has 0 amide bonds. The minimum absolute atomic E-state index is 0.169. The van der Waals surface area contributed by atoms with Gasteiger partial charge in [-0.2, -0.15) is 5.10 Å². The van der Waals surface area contributed by atoms with Crippen molar-refractivity contribution in [3.63, 3.8) is 0 Å². The van der Waals surface area contributed by atoms with Crippen molar-refractivity contribution in [3.8, 4) is 22.8 Å². The smallest absolute Gasteiger partial charge is 0.358 e. The maximum atomic E-state index is 12.5. The number of hydrogen-bond donors (Lipinski definition) is 0. The first kappa shape index (κ1) is 23.5. The molecule has 0 radical (unpaired) electrons. The Morgan fingerprint density at radius 1 is 0.972 bits per heavy atom. The summed E-state index contributed by atoms with van der Waals surface area (Å²) in [4.78, 5) is 20.6. The molecule has 9 nitrogen and oxygen atoms in total. The topological polar surface area (TPSA) is 97.6 Å². The summed E-state index contributed by atoms with van der Waals surface area (Å²) in [6.45, 7) is 1.02. The molecular weight excluding hydrogens is 460 g/mol. The van der Waals surface area contributed by atoms with Gasteiger partial charge in [0.1, 0.15) is 24.4 Å². The lowest BCUT2D eigenvalue weighted by Crippen LogP contribution is -2.10. The molecule has 0 aliphatic heterocycles. The summed E-state index contributed by atoms with van der Waals surface area (Å²) in [5.41, 5.74) is 6.23. The lowest BCUT2D eigenvalue weighted by molar-refractivity contribution is 0.0510. The molecule has 1 aliphatic carbocycles. The van der Waals surface area contributed by atoms with E-state index in [1.807, 2.05) is 41.1 Å². The van der Waals surface area contributed by atoms with E-state index in [-0.39, 0.29) is 6.79 Å². The number of nitrogens with zero attached hydrogens (tertiary/aromatic N) is 4. The van der Waals surface area contributed by atoms with Crippen LogP contribution in [0.3, 0.4) is 0 Å². The van der Waals surface area contributed by atoms with E-state index in [1.54, 1.807) is 19.5 Å². The Morgan fingerprint density at radius 3 is 2.61 bits per heavy atom. The summed E-state index contributed by atoms with van der Waals surface area (Å²) in [7, 11) is 2.96. The number of esters is 1. The van der Waals surface area contributed by atoms with Gasteiger partial charge >= 0.3 is 5.97 Å². The molecule has 4 aromatic rings. The number of methoxy groups -OCH3 is 2. The third kappa shape index (κ3) is 4.92. The van der Waals surface area contributed by atoms with E-state index in [1.165, 1.54) is 13.4 Å².